The van der Waals surface area contributed by atoms with Crippen LogP contribution in [0.25, 0.3) is 0 Å². The van der Waals surface area contributed by atoms with E-state index in [1.54, 1.807) is 11.3 Å². The zero-order valence-electron chi connectivity index (χ0n) is 7.93. The molecule has 0 aliphatic carbocycles. The van der Waals surface area contributed by atoms with E-state index in [0.29, 0.717) is 5.37 Å². The molecular formula is C9H11Br2NS2. The number of thiophene rings is 1. The number of hydrogen-bond donors (Lipinski definition) is 1. The normalized spacial score (nSPS) is 25.6. The molecule has 0 spiro atoms. The van der Waals surface area contributed by atoms with E-state index in [1.165, 1.54) is 14.4 Å². The molecule has 1 aliphatic rings. The Bertz CT molecular complexity index is 329. The van der Waals surface area contributed by atoms with E-state index in [4.69, 9.17) is 0 Å². The van der Waals surface area contributed by atoms with Crippen LogP contribution >= 0.6 is 55.0 Å². The van der Waals surface area contributed by atoms with E-state index in [1.807, 2.05) is 11.8 Å². The maximum Gasteiger partial charge on any atom is 0.0888 e. The summed E-state index contributed by atoms with van der Waals surface area (Å²) in [6.45, 7) is 4.50. The molecule has 0 saturated carbocycles. The van der Waals surface area contributed by atoms with Crippen molar-refractivity contribution >= 4 is 55.0 Å². The van der Waals surface area contributed by atoms with Crippen molar-refractivity contribution in [3.8, 4) is 0 Å². The highest BCUT2D eigenvalue weighted by atomic mass is 79.9. The number of nitrogens with one attached hydrogen (secondary N) is 1. The third kappa shape index (κ3) is 2.38. The Kier molecular flexibility index (Phi) is 3.35. The average molecular weight is 357 g/mol. The van der Waals surface area contributed by atoms with Gasteiger partial charge in [0.1, 0.15) is 0 Å². The Morgan fingerprint density at radius 3 is 2.64 bits per heavy atom. The Morgan fingerprint density at radius 2 is 2.21 bits per heavy atom. The number of hydrogen-bond acceptors (Lipinski definition) is 3. The van der Waals surface area contributed by atoms with E-state index in [-0.39, 0.29) is 5.54 Å². The van der Waals surface area contributed by atoms with Gasteiger partial charge in [0.05, 0.1) is 9.16 Å². The van der Waals surface area contributed by atoms with Gasteiger partial charge in [-0.25, -0.2) is 0 Å². The van der Waals surface area contributed by atoms with Crippen LogP contribution in [0, 0.1) is 0 Å². The molecule has 1 aliphatic heterocycles. The van der Waals surface area contributed by atoms with Crippen LogP contribution in [0.4, 0.5) is 0 Å². The monoisotopic (exact) mass is 355 g/mol. The number of thioether (sulfide) groups is 1. The molecule has 0 aromatic carbocycles. The highest BCUT2D eigenvalue weighted by molar-refractivity contribution is 9.13. The Morgan fingerprint density at radius 1 is 1.50 bits per heavy atom. The summed E-state index contributed by atoms with van der Waals surface area (Å²) >= 11 is 10.8. The molecule has 14 heavy (non-hydrogen) atoms. The summed E-state index contributed by atoms with van der Waals surface area (Å²) in [5.74, 6) is 1.17. The molecule has 0 radical (unpaired) electrons. The Labute approximate surface area is 109 Å². The molecular weight excluding hydrogens is 346 g/mol. The van der Waals surface area contributed by atoms with Crippen LogP contribution in [0.2, 0.25) is 0 Å². The third-order valence-electron chi connectivity index (χ3n) is 2.06. The number of rotatable bonds is 1. The van der Waals surface area contributed by atoms with Gasteiger partial charge in [-0.2, -0.15) is 0 Å². The lowest BCUT2D eigenvalue weighted by Gasteiger charge is -2.17. The van der Waals surface area contributed by atoms with E-state index >= 15 is 0 Å². The van der Waals surface area contributed by atoms with Crippen molar-refractivity contribution in [1.82, 2.24) is 5.32 Å². The van der Waals surface area contributed by atoms with Gasteiger partial charge < -0.3 is 0 Å². The topological polar surface area (TPSA) is 12.0 Å². The summed E-state index contributed by atoms with van der Waals surface area (Å²) in [5.41, 5.74) is 0.262. The molecule has 2 heterocycles. The van der Waals surface area contributed by atoms with Crippen molar-refractivity contribution in [1.29, 1.82) is 0 Å². The zero-order valence-corrected chi connectivity index (χ0v) is 12.7. The molecule has 1 aromatic rings. The second-order valence-corrected chi connectivity index (χ2v) is 8.34. The van der Waals surface area contributed by atoms with Crippen LogP contribution in [-0.2, 0) is 0 Å². The summed E-state index contributed by atoms with van der Waals surface area (Å²) in [4.78, 5) is 1.39. The van der Waals surface area contributed by atoms with Crippen LogP contribution in [0.5, 0.6) is 0 Å². The first kappa shape index (κ1) is 11.5. The highest BCUT2D eigenvalue weighted by Crippen LogP contribution is 2.43. The molecule has 0 amide bonds. The fourth-order valence-electron chi connectivity index (χ4n) is 1.38. The molecule has 1 atom stereocenters. The van der Waals surface area contributed by atoms with E-state index in [0.717, 1.165) is 4.47 Å². The summed E-state index contributed by atoms with van der Waals surface area (Å²) in [7, 11) is 0. The van der Waals surface area contributed by atoms with Gasteiger partial charge in [0.2, 0.25) is 0 Å². The largest absolute Gasteiger partial charge is 0.295 e. The average Bonchev–Trinajstić information content (AvgIpc) is 2.57. The van der Waals surface area contributed by atoms with Crippen molar-refractivity contribution in [3.63, 3.8) is 0 Å². The van der Waals surface area contributed by atoms with Gasteiger partial charge in [0, 0.05) is 20.6 Å². The lowest BCUT2D eigenvalue weighted by molar-refractivity contribution is 0.454. The fourth-order valence-corrected chi connectivity index (χ4v) is 5.05. The quantitative estimate of drug-likeness (QED) is 0.800. The zero-order chi connectivity index (χ0) is 10.3. The van der Waals surface area contributed by atoms with Crippen LogP contribution < -0.4 is 5.32 Å². The predicted octanol–water partition coefficient (Wildman–Crippen LogP) is 4.39. The van der Waals surface area contributed by atoms with Crippen LogP contribution in [0.1, 0.15) is 24.1 Å². The molecule has 5 heteroatoms. The lowest BCUT2D eigenvalue weighted by atomic mass is 10.1. The van der Waals surface area contributed by atoms with Crippen LogP contribution in [-0.4, -0.2) is 11.3 Å². The Balaban J connectivity index is 2.17. The first-order valence-corrected chi connectivity index (χ1v) is 7.77. The van der Waals surface area contributed by atoms with Crippen molar-refractivity contribution in [2.45, 2.75) is 24.8 Å². The first-order valence-electron chi connectivity index (χ1n) is 4.32. The maximum atomic E-state index is 3.62. The van der Waals surface area contributed by atoms with Gasteiger partial charge in [-0.1, -0.05) is 0 Å². The SMILES string of the molecule is CC1(C)CSC(c2cc(Br)c(Br)s2)N1. The second-order valence-electron chi connectivity index (χ2n) is 3.99. The minimum atomic E-state index is 0.262. The van der Waals surface area contributed by atoms with Gasteiger partial charge >= 0.3 is 0 Å². The highest BCUT2D eigenvalue weighted by Gasteiger charge is 2.32. The second kappa shape index (κ2) is 4.09. The molecule has 1 aromatic heterocycles. The smallest absolute Gasteiger partial charge is 0.0888 e. The molecule has 1 N–H and O–H groups in total. The third-order valence-corrected chi connectivity index (χ3v) is 7.12. The van der Waals surface area contributed by atoms with E-state index in [9.17, 15) is 0 Å². The van der Waals surface area contributed by atoms with Crippen molar-refractivity contribution in [2.24, 2.45) is 0 Å². The summed E-state index contributed by atoms with van der Waals surface area (Å²) in [5, 5.41) is 4.07. The molecule has 78 valence electrons. The van der Waals surface area contributed by atoms with Gasteiger partial charge in [-0.05, 0) is 51.8 Å². The molecule has 1 fully saturated rings. The fraction of sp³-hybridized carbons (Fsp3) is 0.556. The van der Waals surface area contributed by atoms with Gasteiger partial charge in [-0.15, -0.1) is 23.1 Å². The Hall–Kier alpha value is 0.970. The molecule has 0 bridgehead atoms. The molecule has 1 nitrogen and oxygen atoms in total. The summed E-state index contributed by atoms with van der Waals surface area (Å²) in [6.07, 6.45) is 0. The van der Waals surface area contributed by atoms with Crippen molar-refractivity contribution < 1.29 is 0 Å². The maximum absolute atomic E-state index is 3.62. The van der Waals surface area contributed by atoms with Gasteiger partial charge in [0.25, 0.3) is 0 Å². The van der Waals surface area contributed by atoms with Gasteiger partial charge in [0.15, 0.2) is 0 Å². The summed E-state index contributed by atoms with van der Waals surface area (Å²) < 4.78 is 2.34. The molecule has 1 saturated heterocycles. The minimum absolute atomic E-state index is 0.262. The lowest BCUT2D eigenvalue weighted by Crippen LogP contribution is -2.35. The van der Waals surface area contributed by atoms with Crippen molar-refractivity contribution in [3.05, 3.63) is 19.2 Å². The van der Waals surface area contributed by atoms with Crippen LogP contribution in [0.15, 0.2) is 14.3 Å². The molecule has 2 rings (SSSR count). The van der Waals surface area contributed by atoms with Crippen molar-refractivity contribution in [2.75, 3.05) is 5.75 Å². The van der Waals surface area contributed by atoms with E-state index < -0.39 is 0 Å². The van der Waals surface area contributed by atoms with E-state index in [2.05, 4.69) is 57.1 Å². The van der Waals surface area contributed by atoms with Crippen LogP contribution in [0.3, 0.4) is 0 Å². The first-order chi connectivity index (χ1) is 6.48. The molecule has 1 unspecified atom stereocenters. The summed E-state index contributed by atoms with van der Waals surface area (Å²) in [6, 6.07) is 2.20. The minimum Gasteiger partial charge on any atom is -0.295 e. The predicted molar refractivity (Wildman–Crippen MR) is 72.1 cm³/mol. The van der Waals surface area contributed by atoms with Gasteiger partial charge in [-0.3, -0.25) is 5.32 Å². The standard InChI is InChI=1S/C9H11Br2NS2/c1-9(2)4-13-8(12-9)6-3-5(10)7(11)14-6/h3,8,12H,4H2,1-2H3. The number of halogens is 2.